The van der Waals surface area contributed by atoms with Crippen molar-refractivity contribution in [1.82, 2.24) is 25.1 Å². The number of rotatable bonds is 4. The van der Waals surface area contributed by atoms with E-state index >= 15 is 0 Å². The Bertz CT molecular complexity index is 995. The van der Waals surface area contributed by atoms with Gasteiger partial charge in [-0.2, -0.15) is 10.1 Å². The van der Waals surface area contributed by atoms with E-state index in [9.17, 15) is 0 Å². The summed E-state index contributed by atoms with van der Waals surface area (Å²) in [5.74, 6) is 2.43. The molecular weight excluding hydrogens is 358 g/mol. The molecule has 0 aromatic carbocycles. The normalized spacial score (nSPS) is 29.1. The topological polar surface area (TPSA) is 73.0 Å². The van der Waals surface area contributed by atoms with Crippen molar-refractivity contribution in [2.75, 3.05) is 17.3 Å². The molecule has 27 heavy (non-hydrogen) atoms. The predicted molar refractivity (Wildman–Crippen MR) is 108 cm³/mol. The second-order valence-corrected chi connectivity index (χ2v) is 9.08. The molecule has 0 spiro atoms. The molecule has 2 N–H and O–H groups in total. The summed E-state index contributed by atoms with van der Waals surface area (Å²) in [7, 11) is 2.16. The standard InChI is InChI=1S/C19H23N7S/c1-10-5-16(24-23-10)20-17-15-3-4-27-18(15)22-19(21-17)25(2)11-6-12-8-14-9-13(7-11)26(12)14/h3-5,11-14H,6-9H2,1-2H3,(H2,20,21,22,23,24)/t11-,12+,13-,14?. The van der Waals surface area contributed by atoms with Crippen molar-refractivity contribution < 1.29 is 0 Å². The van der Waals surface area contributed by atoms with Crippen LogP contribution < -0.4 is 10.2 Å². The van der Waals surface area contributed by atoms with Gasteiger partial charge in [0.1, 0.15) is 10.6 Å². The molecule has 0 saturated carbocycles. The van der Waals surface area contributed by atoms with E-state index < -0.39 is 0 Å². The van der Waals surface area contributed by atoms with Crippen molar-refractivity contribution in [3.8, 4) is 0 Å². The van der Waals surface area contributed by atoms with E-state index in [1.54, 1.807) is 11.3 Å². The van der Waals surface area contributed by atoms with Crippen LogP contribution in [0, 0.1) is 6.92 Å². The number of fused-ring (bicyclic) bond motifs is 1. The van der Waals surface area contributed by atoms with Crippen LogP contribution in [-0.2, 0) is 0 Å². The Labute approximate surface area is 161 Å². The highest BCUT2D eigenvalue weighted by Gasteiger charge is 2.55. The van der Waals surface area contributed by atoms with E-state index in [0.717, 1.165) is 51.6 Å². The maximum absolute atomic E-state index is 4.90. The van der Waals surface area contributed by atoms with Crippen molar-refractivity contribution in [3.63, 3.8) is 0 Å². The lowest BCUT2D eigenvalue weighted by molar-refractivity contribution is -0.148. The van der Waals surface area contributed by atoms with Crippen LogP contribution in [0.25, 0.3) is 10.2 Å². The monoisotopic (exact) mass is 381 g/mol. The van der Waals surface area contributed by atoms with Crippen LogP contribution in [-0.4, -0.2) is 56.3 Å². The number of anilines is 3. The molecule has 0 bridgehead atoms. The smallest absolute Gasteiger partial charge is 0.228 e. The fraction of sp³-hybridized carbons (Fsp3) is 0.526. The van der Waals surface area contributed by atoms with Gasteiger partial charge in [0.25, 0.3) is 0 Å². The molecule has 4 atom stereocenters. The van der Waals surface area contributed by atoms with Gasteiger partial charge in [-0.3, -0.25) is 10.00 Å². The van der Waals surface area contributed by atoms with E-state index in [-0.39, 0.29) is 0 Å². The van der Waals surface area contributed by atoms with Crippen LogP contribution >= 0.6 is 11.3 Å². The number of hydrogen-bond donors (Lipinski definition) is 2. The number of aryl methyl sites for hydroxylation is 1. The van der Waals surface area contributed by atoms with Gasteiger partial charge in [-0.15, -0.1) is 11.3 Å². The number of piperidine rings is 2. The Morgan fingerprint density at radius 1 is 1.19 bits per heavy atom. The zero-order valence-electron chi connectivity index (χ0n) is 15.5. The lowest BCUT2D eigenvalue weighted by Gasteiger charge is -2.66. The molecule has 0 aliphatic carbocycles. The van der Waals surface area contributed by atoms with E-state index in [0.29, 0.717) is 6.04 Å². The molecular formula is C19H23N7S. The first-order valence-electron chi connectivity index (χ1n) is 9.70. The molecule has 0 radical (unpaired) electrons. The Hall–Kier alpha value is -2.19. The molecule has 1 unspecified atom stereocenters. The molecule has 0 amide bonds. The number of hydrogen-bond acceptors (Lipinski definition) is 7. The summed E-state index contributed by atoms with van der Waals surface area (Å²) in [6.45, 7) is 2.00. The Morgan fingerprint density at radius 2 is 1.96 bits per heavy atom. The fourth-order valence-electron chi connectivity index (χ4n) is 5.17. The van der Waals surface area contributed by atoms with Gasteiger partial charge in [-0.1, -0.05) is 0 Å². The molecule has 3 aliphatic heterocycles. The number of thiophene rings is 1. The van der Waals surface area contributed by atoms with Crippen molar-refractivity contribution >= 4 is 39.1 Å². The maximum Gasteiger partial charge on any atom is 0.228 e. The van der Waals surface area contributed by atoms with Gasteiger partial charge in [0.15, 0.2) is 5.82 Å². The van der Waals surface area contributed by atoms with Gasteiger partial charge < -0.3 is 10.2 Å². The minimum Gasteiger partial charge on any atom is -0.341 e. The molecule has 3 saturated heterocycles. The second kappa shape index (κ2) is 5.65. The molecule has 7 nitrogen and oxygen atoms in total. The van der Waals surface area contributed by atoms with Crippen molar-refractivity contribution in [2.45, 2.75) is 56.8 Å². The van der Waals surface area contributed by atoms with Crippen LogP contribution in [0.3, 0.4) is 0 Å². The molecule has 3 fully saturated rings. The van der Waals surface area contributed by atoms with E-state index in [1.165, 1.54) is 25.7 Å². The summed E-state index contributed by atoms with van der Waals surface area (Å²) in [5.41, 5.74) is 1.02. The third-order valence-corrected chi connectivity index (χ3v) is 7.38. The summed E-state index contributed by atoms with van der Waals surface area (Å²) >= 11 is 1.66. The first kappa shape index (κ1) is 15.8. The molecule has 3 aromatic rings. The van der Waals surface area contributed by atoms with Crippen LogP contribution in [0.1, 0.15) is 31.4 Å². The number of aromatic amines is 1. The van der Waals surface area contributed by atoms with Crippen molar-refractivity contribution in [2.24, 2.45) is 0 Å². The van der Waals surface area contributed by atoms with Crippen molar-refractivity contribution in [1.29, 1.82) is 0 Å². The minimum atomic E-state index is 0.524. The lowest BCUT2D eigenvalue weighted by Crippen LogP contribution is -2.74. The summed E-state index contributed by atoms with van der Waals surface area (Å²) < 4.78 is 0. The van der Waals surface area contributed by atoms with E-state index in [4.69, 9.17) is 9.97 Å². The fourth-order valence-corrected chi connectivity index (χ4v) is 5.93. The number of aromatic nitrogens is 4. The maximum atomic E-state index is 4.90. The Kier molecular flexibility index (Phi) is 3.31. The van der Waals surface area contributed by atoms with Crippen LogP contribution in [0.15, 0.2) is 17.5 Å². The van der Waals surface area contributed by atoms with Gasteiger partial charge in [-0.05, 0) is 44.1 Å². The summed E-state index contributed by atoms with van der Waals surface area (Å²) in [6.07, 6.45) is 5.24. The zero-order valence-corrected chi connectivity index (χ0v) is 16.3. The van der Waals surface area contributed by atoms with Gasteiger partial charge in [0.05, 0.1) is 5.39 Å². The number of nitrogens with zero attached hydrogens (tertiary/aromatic N) is 5. The summed E-state index contributed by atoms with van der Waals surface area (Å²) in [6, 6.07) is 7.05. The SMILES string of the molecule is Cc1cc(Nc2nc(N(C)[C@@H]3C[C@H]4CC5C[C@@H](C3)N54)nc3sccc23)n[nH]1. The molecule has 140 valence electrons. The average Bonchev–Trinajstić information content (AvgIpc) is 3.24. The lowest BCUT2D eigenvalue weighted by atomic mass is 9.68. The van der Waals surface area contributed by atoms with Crippen LogP contribution in [0.2, 0.25) is 0 Å². The second-order valence-electron chi connectivity index (χ2n) is 8.19. The molecule has 3 aromatic heterocycles. The highest BCUT2D eigenvalue weighted by Crippen LogP contribution is 2.49. The largest absolute Gasteiger partial charge is 0.341 e. The Morgan fingerprint density at radius 3 is 2.67 bits per heavy atom. The van der Waals surface area contributed by atoms with E-state index in [1.807, 2.05) is 13.0 Å². The first-order valence-corrected chi connectivity index (χ1v) is 10.6. The highest BCUT2D eigenvalue weighted by molar-refractivity contribution is 7.16. The van der Waals surface area contributed by atoms with E-state index in [2.05, 4.69) is 43.8 Å². The van der Waals surface area contributed by atoms with Crippen molar-refractivity contribution in [3.05, 3.63) is 23.2 Å². The third-order valence-electron chi connectivity index (χ3n) is 6.57. The van der Waals surface area contributed by atoms with Crippen LogP contribution in [0.4, 0.5) is 17.6 Å². The van der Waals surface area contributed by atoms with Gasteiger partial charge in [0, 0.05) is 43.0 Å². The highest BCUT2D eigenvalue weighted by atomic mass is 32.1. The van der Waals surface area contributed by atoms with Gasteiger partial charge >= 0.3 is 0 Å². The third kappa shape index (κ3) is 2.39. The molecule has 6 heterocycles. The minimum absolute atomic E-state index is 0.524. The number of nitrogens with one attached hydrogen (secondary N) is 2. The van der Waals surface area contributed by atoms with Crippen LogP contribution in [0.5, 0.6) is 0 Å². The quantitative estimate of drug-likeness (QED) is 0.723. The molecule has 8 heteroatoms. The first-order chi connectivity index (χ1) is 13.2. The zero-order chi connectivity index (χ0) is 18.1. The Balaban J connectivity index is 1.32. The average molecular weight is 382 g/mol. The summed E-state index contributed by atoms with van der Waals surface area (Å²) in [4.78, 5) is 15.8. The molecule has 3 aliphatic rings. The summed E-state index contributed by atoms with van der Waals surface area (Å²) in [5, 5.41) is 13.8. The predicted octanol–water partition coefficient (Wildman–Crippen LogP) is 3.28. The number of H-pyrrole nitrogens is 1. The van der Waals surface area contributed by atoms with Gasteiger partial charge in [-0.25, -0.2) is 4.98 Å². The van der Waals surface area contributed by atoms with Gasteiger partial charge in [0.2, 0.25) is 5.95 Å². The molecule has 6 rings (SSSR count).